The van der Waals surface area contributed by atoms with E-state index in [-0.39, 0.29) is 36.7 Å². The number of rotatable bonds is 8. The molecule has 12 rings (SSSR count). The maximum absolute atomic E-state index is 13.6. The molecule has 2 aromatic carbocycles. The van der Waals surface area contributed by atoms with E-state index < -0.39 is 11.2 Å². The number of aromatic nitrogens is 6. The molecule has 0 unspecified atom stereocenters. The van der Waals surface area contributed by atoms with Crippen molar-refractivity contribution in [2.75, 3.05) is 37.1 Å². The van der Waals surface area contributed by atoms with E-state index in [2.05, 4.69) is 41.2 Å². The predicted molar refractivity (Wildman–Crippen MR) is 237 cm³/mol. The molecule has 332 valence electrons. The molecule has 2 fully saturated rings. The Morgan fingerprint density at radius 2 is 1.05 bits per heavy atom. The number of pyridine rings is 4. The molecule has 0 spiro atoms. The third-order valence-electron chi connectivity index (χ3n) is 12.6. The minimum Gasteiger partial charge on any atom is -0.383 e. The lowest BCUT2D eigenvalue weighted by Gasteiger charge is -2.20. The number of amides is 2. The Hall–Kier alpha value is -7.64. The molecular weight excluding hydrogens is 851 g/mol. The summed E-state index contributed by atoms with van der Waals surface area (Å²) in [4.78, 5) is 42.8. The lowest BCUT2D eigenvalue weighted by molar-refractivity contribution is 0.0227. The van der Waals surface area contributed by atoms with Crippen molar-refractivity contribution in [3.8, 4) is 22.5 Å². The molecule has 0 saturated carbocycles. The number of anilines is 4. The number of nitrogens with one attached hydrogen (secondary N) is 4. The smallest absolute Gasteiger partial charge is 0.254 e. The van der Waals surface area contributed by atoms with Crippen LogP contribution in [0.3, 0.4) is 0 Å². The van der Waals surface area contributed by atoms with Gasteiger partial charge < -0.3 is 41.0 Å². The highest BCUT2D eigenvalue weighted by Gasteiger charge is 2.36. The standard InChI is InChI=1S/2C24H20FN5O3/c2*25-15-5-7-30-19(12-27-21(30)9-15)16-2-3-18(22-17(16)11-28-23(22)31)29-20-4-1-14(10-26-20)24(32)6-8-33-13-24/h2*1-5,7,9-10,12,32H,6,8,11,13H2,(H,26,29)(H,28,31)/t2*24-/m10/s1. The predicted octanol–water partition coefficient (Wildman–Crippen LogP) is 6.26. The van der Waals surface area contributed by atoms with E-state index in [0.29, 0.717) is 95.7 Å². The fourth-order valence-corrected chi connectivity index (χ4v) is 9.02. The van der Waals surface area contributed by atoms with Crippen molar-refractivity contribution in [1.82, 2.24) is 39.4 Å². The number of nitrogens with zero attached hydrogens (tertiary/aromatic N) is 6. The van der Waals surface area contributed by atoms with Crippen molar-refractivity contribution in [1.29, 1.82) is 0 Å². The maximum atomic E-state index is 13.6. The van der Waals surface area contributed by atoms with Crippen LogP contribution in [0.5, 0.6) is 0 Å². The molecule has 2 saturated heterocycles. The fraction of sp³-hybridized carbons (Fsp3) is 0.208. The molecule has 6 N–H and O–H groups in total. The van der Waals surface area contributed by atoms with Crippen molar-refractivity contribution < 1.29 is 38.1 Å². The van der Waals surface area contributed by atoms with E-state index in [1.165, 1.54) is 24.3 Å². The lowest BCUT2D eigenvalue weighted by atomic mass is 9.95. The Kier molecular flexibility index (Phi) is 10.0. The molecule has 66 heavy (non-hydrogen) atoms. The topological polar surface area (TPSA) is 202 Å². The average molecular weight is 891 g/mol. The Morgan fingerprint density at radius 1 is 0.591 bits per heavy atom. The number of hydrogen-bond acceptors (Lipinski definition) is 12. The molecule has 6 aromatic heterocycles. The van der Waals surface area contributed by atoms with Gasteiger partial charge in [0.25, 0.3) is 11.8 Å². The SMILES string of the molecule is O=C1NCc2c(-c3cnc4cc(F)ccn34)ccc(Nc3ccc([C@@]4(O)CCOC4)cn3)c21.O=C1NCc2c(-c3cnc4cc(F)ccn34)ccc(Nc3ccc([C@]4(O)CCOC4)cn3)c21. The summed E-state index contributed by atoms with van der Waals surface area (Å²) >= 11 is 0. The van der Waals surface area contributed by atoms with E-state index in [1.807, 2.05) is 36.4 Å². The molecule has 0 bridgehead atoms. The highest BCUT2D eigenvalue weighted by molar-refractivity contribution is 6.07. The zero-order valence-electron chi connectivity index (χ0n) is 35.0. The second kappa shape index (κ2) is 16.1. The number of benzene rings is 2. The van der Waals surface area contributed by atoms with Crippen molar-refractivity contribution in [3.63, 3.8) is 0 Å². The van der Waals surface area contributed by atoms with Crippen molar-refractivity contribution in [2.45, 2.75) is 37.1 Å². The van der Waals surface area contributed by atoms with Crippen LogP contribution in [0.1, 0.15) is 55.8 Å². The number of carbonyl (C=O) groups excluding carboxylic acids is 2. The van der Waals surface area contributed by atoms with Gasteiger partial charge in [-0.05, 0) is 47.5 Å². The Labute approximate surface area is 374 Å². The third-order valence-corrected chi connectivity index (χ3v) is 12.6. The van der Waals surface area contributed by atoms with Gasteiger partial charge in [-0.15, -0.1) is 0 Å². The molecular formula is C48H40F2N10O6. The first-order valence-corrected chi connectivity index (χ1v) is 21.3. The molecule has 2 amide bonds. The molecule has 4 aliphatic rings. The number of ether oxygens (including phenoxy) is 2. The van der Waals surface area contributed by atoms with Gasteiger partial charge in [0, 0.05) is 98.3 Å². The van der Waals surface area contributed by atoms with Crippen molar-refractivity contribution >= 4 is 46.1 Å². The van der Waals surface area contributed by atoms with Crippen LogP contribution in [-0.2, 0) is 33.8 Å². The summed E-state index contributed by atoms with van der Waals surface area (Å²) < 4.78 is 41.4. The van der Waals surface area contributed by atoms with Gasteiger partial charge in [0.2, 0.25) is 0 Å². The van der Waals surface area contributed by atoms with E-state index in [4.69, 9.17) is 9.47 Å². The maximum Gasteiger partial charge on any atom is 0.254 e. The summed E-state index contributed by atoms with van der Waals surface area (Å²) in [6, 6.07) is 20.2. The largest absolute Gasteiger partial charge is 0.383 e. The van der Waals surface area contributed by atoms with Crippen LogP contribution < -0.4 is 21.3 Å². The monoisotopic (exact) mass is 890 g/mol. The third kappa shape index (κ3) is 7.25. The van der Waals surface area contributed by atoms with Crippen LogP contribution in [0, 0.1) is 11.6 Å². The number of carbonyl (C=O) groups is 2. The van der Waals surface area contributed by atoms with E-state index in [0.717, 1.165) is 33.6 Å². The summed E-state index contributed by atoms with van der Waals surface area (Å²) in [5.74, 6) is 0.0496. The van der Waals surface area contributed by atoms with Gasteiger partial charge >= 0.3 is 0 Å². The van der Waals surface area contributed by atoms with Gasteiger partial charge in [-0.25, -0.2) is 28.7 Å². The van der Waals surface area contributed by atoms with Gasteiger partial charge in [0.05, 0.1) is 59.5 Å². The number of hydrogen-bond donors (Lipinski definition) is 6. The zero-order valence-corrected chi connectivity index (χ0v) is 35.0. The van der Waals surface area contributed by atoms with E-state index in [9.17, 15) is 28.6 Å². The van der Waals surface area contributed by atoms with Crippen LogP contribution in [0.4, 0.5) is 31.8 Å². The van der Waals surface area contributed by atoms with Crippen LogP contribution >= 0.6 is 0 Å². The summed E-state index contributed by atoms with van der Waals surface area (Å²) in [6.45, 7) is 2.32. The molecule has 4 aliphatic heterocycles. The lowest BCUT2D eigenvalue weighted by Crippen LogP contribution is -2.25. The molecule has 2 atom stereocenters. The Bertz CT molecular complexity index is 3000. The highest BCUT2D eigenvalue weighted by atomic mass is 19.1. The first-order chi connectivity index (χ1) is 32.0. The minimum atomic E-state index is -1.01. The number of halogens is 2. The van der Waals surface area contributed by atoms with Crippen LogP contribution in [0.25, 0.3) is 33.8 Å². The average Bonchev–Trinajstić information content (AvgIpc) is 4.20. The molecule has 8 aromatic rings. The van der Waals surface area contributed by atoms with Gasteiger partial charge in [-0.3, -0.25) is 18.4 Å². The fourth-order valence-electron chi connectivity index (χ4n) is 9.02. The molecule has 0 aliphatic carbocycles. The molecule has 18 heteroatoms. The second-order valence-electron chi connectivity index (χ2n) is 16.6. The number of imidazole rings is 2. The minimum absolute atomic E-state index is 0.178. The normalized spacial score (nSPS) is 19.6. The molecule has 16 nitrogen and oxygen atoms in total. The van der Waals surface area contributed by atoms with E-state index in [1.54, 1.807) is 58.1 Å². The van der Waals surface area contributed by atoms with Gasteiger partial charge in [0.1, 0.15) is 45.8 Å². The summed E-state index contributed by atoms with van der Waals surface area (Å²) in [5.41, 5.74) is 7.65. The summed E-state index contributed by atoms with van der Waals surface area (Å²) in [6.07, 6.45) is 10.9. The van der Waals surface area contributed by atoms with Crippen LogP contribution in [0.15, 0.2) is 110 Å². The zero-order chi connectivity index (χ0) is 45.2. The second-order valence-corrected chi connectivity index (χ2v) is 16.6. The first-order valence-electron chi connectivity index (χ1n) is 21.3. The Morgan fingerprint density at radius 3 is 1.44 bits per heavy atom. The Balaban J connectivity index is 0.000000146. The molecule has 10 heterocycles. The number of aliphatic hydroxyl groups is 2. The van der Waals surface area contributed by atoms with Crippen molar-refractivity contribution in [2.24, 2.45) is 0 Å². The summed E-state index contributed by atoms with van der Waals surface area (Å²) in [7, 11) is 0. The first kappa shape index (κ1) is 41.1. The quantitative estimate of drug-likeness (QED) is 0.100. The molecule has 0 radical (unpaired) electrons. The van der Waals surface area contributed by atoms with Gasteiger partial charge in [-0.1, -0.05) is 24.3 Å². The number of fused-ring (bicyclic) bond motifs is 4. The highest BCUT2D eigenvalue weighted by Crippen LogP contribution is 2.38. The van der Waals surface area contributed by atoms with Crippen LogP contribution in [0.2, 0.25) is 0 Å². The van der Waals surface area contributed by atoms with Gasteiger partial charge in [0.15, 0.2) is 0 Å². The summed E-state index contributed by atoms with van der Waals surface area (Å²) in [5, 5.41) is 33.5. The van der Waals surface area contributed by atoms with E-state index >= 15 is 0 Å². The van der Waals surface area contributed by atoms with Gasteiger partial charge in [-0.2, -0.15) is 0 Å². The van der Waals surface area contributed by atoms with Crippen molar-refractivity contribution in [3.05, 3.63) is 155 Å². The van der Waals surface area contributed by atoms with Crippen LogP contribution in [-0.4, -0.2) is 77.2 Å².